The van der Waals surface area contributed by atoms with Gasteiger partial charge in [0.25, 0.3) is 0 Å². The Balaban J connectivity index is 1.59. The van der Waals surface area contributed by atoms with E-state index >= 15 is 0 Å². The van der Waals surface area contributed by atoms with Gasteiger partial charge in [-0.15, -0.1) is 0 Å². The number of rotatable bonds is 12. The van der Waals surface area contributed by atoms with Crippen LogP contribution in [0.4, 0.5) is 0 Å². The standard InChI is InChI=1S/C51H63OSi2/c1-14-29-52-48-46(30-35(6)49(53(10)11)47(48)51(7,8)9)54(12,13)50-44-31-40(38-21-17-36(18-22-38)33(4)15-2)25-27-42(44)43-28-26-41(32-45(43)50)39-23-19-37(20-24-39)34(5)16-3/h14,17-28,30-34,50H,1,15-16,29H2,2-13H3. The van der Waals surface area contributed by atoms with Gasteiger partial charge in [0.05, 0.1) is 16.9 Å². The smallest absolute Gasteiger partial charge is 0.122 e. The summed E-state index contributed by atoms with van der Waals surface area (Å²) >= 11 is 0. The van der Waals surface area contributed by atoms with Gasteiger partial charge < -0.3 is 4.74 Å². The third kappa shape index (κ3) is 7.39. The summed E-state index contributed by atoms with van der Waals surface area (Å²) in [5, 5.41) is 2.95. The number of benzene rings is 5. The Kier molecular flexibility index (Phi) is 11.5. The summed E-state index contributed by atoms with van der Waals surface area (Å²) in [5.41, 5.74) is 16.7. The third-order valence-electron chi connectivity index (χ3n) is 12.4. The van der Waals surface area contributed by atoms with Crippen molar-refractivity contribution in [2.45, 2.75) is 117 Å². The normalized spacial score (nSPS) is 15.2. The van der Waals surface area contributed by atoms with Gasteiger partial charge in [-0.1, -0.05) is 189 Å². The molecule has 54 heavy (non-hydrogen) atoms. The van der Waals surface area contributed by atoms with Crippen LogP contribution in [0.2, 0.25) is 26.2 Å². The van der Waals surface area contributed by atoms with Crippen LogP contribution >= 0.6 is 0 Å². The molecule has 6 rings (SSSR count). The summed E-state index contributed by atoms with van der Waals surface area (Å²) in [6.45, 7) is 33.3. The second-order valence-corrected chi connectivity index (χ2v) is 24.9. The van der Waals surface area contributed by atoms with Crippen molar-refractivity contribution < 1.29 is 4.74 Å². The van der Waals surface area contributed by atoms with Crippen LogP contribution in [-0.4, -0.2) is 23.5 Å². The minimum Gasteiger partial charge on any atom is -0.489 e. The molecule has 5 aromatic carbocycles. The molecule has 5 aromatic rings. The zero-order valence-corrected chi connectivity index (χ0v) is 37.2. The lowest BCUT2D eigenvalue weighted by Crippen LogP contribution is -2.51. The molecule has 1 nitrogen and oxygen atoms in total. The van der Waals surface area contributed by atoms with Gasteiger partial charge >= 0.3 is 0 Å². The van der Waals surface area contributed by atoms with E-state index in [9.17, 15) is 0 Å². The van der Waals surface area contributed by atoms with Crippen molar-refractivity contribution in [1.82, 2.24) is 0 Å². The summed E-state index contributed by atoms with van der Waals surface area (Å²) in [6.07, 6.45) is 4.21. The minimum atomic E-state index is -2.40. The molecule has 0 bridgehead atoms. The first-order valence-corrected chi connectivity index (χ1v) is 25.9. The van der Waals surface area contributed by atoms with Crippen LogP contribution < -0.4 is 15.1 Å². The van der Waals surface area contributed by atoms with Crippen molar-refractivity contribution in [3.8, 4) is 39.1 Å². The molecule has 0 heterocycles. The van der Waals surface area contributed by atoms with Crippen LogP contribution in [0.5, 0.6) is 5.75 Å². The molecular weight excluding hydrogens is 685 g/mol. The molecule has 0 saturated heterocycles. The monoisotopic (exact) mass is 747 g/mol. The van der Waals surface area contributed by atoms with Gasteiger partial charge in [0, 0.05) is 5.54 Å². The molecule has 0 fully saturated rings. The number of aryl methyl sites for hydroxylation is 1. The highest BCUT2D eigenvalue weighted by Crippen LogP contribution is 2.52. The van der Waals surface area contributed by atoms with E-state index in [1.54, 1.807) is 0 Å². The molecule has 0 N–H and O–H groups in total. The van der Waals surface area contributed by atoms with E-state index in [2.05, 4.69) is 179 Å². The van der Waals surface area contributed by atoms with E-state index in [-0.39, 0.29) is 11.0 Å². The largest absolute Gasteiger partial charge is 0.489 e. The van der Waals surface area contributed by atoms with Crippen LogP contribution in [0.3, 0.4) is 0 Å². The molecule has 1 aliphatic rings. The maximum atomic E-state index is 6.91. The number of fused-ring (bicyclic) bond motifs is 3. The Labute approximate surface area is 330 Å². The lowest BCUT2D eigenvalue weighted by Gasteiger charge is -2.38. The Morgan fingerprint density at radius 2 is 1.17 bits per heavy atom. The topological polar surface area (TPSA) is 9.23 Å². The highest BCUT2D eigenvalue weighted by atomic mass is 28.3. The van der Waals surface area contributed by atoms with Gasteiger partial charge in [-0.3, -0.25) is 0 Å². The maximum absolute atomic E-state index is 6.91. The predicted octanol–water partition coefficient (Wildman–Crippen LogP) is 13.4. The van der Waals surface area contributed by atoms with Gasteiger partial charge in [0.15, 0.2) is 0 Å². The highest BCUT2D eigenvalue weighted by molar-refractivity contribution is 6.92. The Morgan fingerprint density at radius 3 is 1.56 bits per heavy atom. The zero-order chi connectivity index (χ0) is 39.1. The summed E-state index contributed by atoms with van der Waals surface area (Å²) in [6, 6.07) is 35.8. The summed E-state index contributed by atoms with van der Waals surface area (Å²) in [4.78, 5) is 0. The molecule has 281 valence electrons. The SMILES string of the molecule is C=CCOc1c([Si](C)(C)C2c3cc(-c4ccc(C(C)CC)cc4)ccc3-c3ccc(-c4ccc(C(C)CC)cc4)cc32)cc(C)c([Si](C)C)c1C(C)(C)C. The van der Waals surface area contributed by atoms with E-state index < -0.39 is 16.9 Å². The molecule has 1 radical (unpaired) electrons. The maximum Gasteiger partial charge on any atom is 0.122 e. The summed E-state index contributed by atoms with van der Waals surface area (Å²) < 4.78 is 6.91. The van der Waals surface area contributed by atoms with Crippen molar-refractivity contribution in [3.63, 3.8) is 0 Å². The average Bonchev–Trinajstić information content (AvgIpc) is 3.49. The lowest BCUT2D eigenvalue weighted by molar-refractivity contribution is 0.354. The fraction of sp³-hybridized carbons (Fsp3) is 0.373. The van der Waals surface area contributed by atoms with Crippen LogP contribution in [0.25, 0.3) is 33.4 Å². The zero-order valence-electron chi connectivity index (χ0n) is 35.2. The van der Waals surface area contributed by atoms with E-state index in [0.717, 1.165) is 18.6 Å². The lowest BCUT2D eigenvalue weighted by atomic mass is 9.85. The summed E-state index contributed by atoms with van der Waals surface area (Å²) in [5.74, 6) is 2.25. The van der Waals surface area contributed by atoms with Crippen LogP contribution in [0.1, 0.15) is 112 Å². The molecule has 2 unspecified atom stereocenters. The van der Waals surface area contributed by atoms with E-state index in [4.69, 9.17) is 4.74 Å². The average molecular weight is 748 g/mol. The highest BCUT2D eigenvalue weighted by Gasteiger charge is 2.45. The van der Waals surface area contributed by atoms with Gasteiger partial charge in [0.1, 0.15) is 12.4 Å². The fourth-order valence-electron chi connectivity index (χ4n) is 8.96. The molecule has 0 amide bonds. The first-order valence-electron chi connectivity index (χ1n) is 20.3. The van der Waals surface area contributed by atoms with Crippen molar-refractivity contribution >= 4 is 27.2 Å². The van der Waals surface area contributed by atoms with Gasteiger partial charge in [-0.05, 0) is 103 Å². The van der Waals surface area contributed by atoms with Crippen molar-refractivity contribution in [2.24, 2.45) is 0 Å². The molecule has 2 atom stereocenters. The second-order valence-electron chi connectivity index (χ2n) is 17.8. The van der Waals surface area contributed by atoms with E-state index in [0.29, 0.717) is 18.4 Å². The molecule has 0 aromatic heterocycles. The van der Waals surface area contributed by atoms with E-state index in [1.807, 2.05) is 6.08 Å². The van der Waals surface area contributed by atoms with Crippen LogP contribution in [0, 0.1) is 6.92 Å². The first kappa shape index (κ1) is 39.8. The molecule has 0 aliphatic heterocycles. The summed E-state index contributed by atoms with van der Waals surface area (Å²) in [7, 11) is -3.16. The minimum absolute atomic E-state index is 0.0618. The van der Waals surface area contributed by atoms with Crippen LogP contribution in [0.15, 0.2) is 104 Å². The molecular formula is C51H63OSi2. The molecule has 0 spiro atoms. The number of hydrogen-bond acceptors (Lipinski definition) is 1. The van der Waals surface area contributed by atoms with E-state index in [1.165, 1.54) is 77.1 Å². The first-order chi connectivity index (χ1) is 25.6. The van der Waals surface area contributed by atoms with Gasteiger partial charge in [0.2, 0.25) is 0 Å². The van der Waals surface area contributed by atoms with Crippen molar-refractivity contribution in [2.75, 3.05) is 6.61 Å². The van der Waals surface area contributed by atoms with Gasteiger partial charge in [-0.2, -0.15) is 0 Å². The Morgan fingerprint density at radius 1 is 0.722 bits per heavy atom. The second kappa shape index (κ2) is 15.7. The molecule has 3 heteroatoms. The Bertz CT molecular complexity index is 2030. The fourth-order valence-corrected chi connectivity index (χ4v) is 14.5. The number of ether oxygens (including phenoxy) is 1. The van der Waals surface area contributed by atoms with Gasteiger partial charge in [-0.25, -0.2) is 0 Å². The third-order valence-corrected chi connectivity index (χ3v) is 17.8. The quantitative estimate of drug-likeness (QED) is 0.0912. The van der Waals surface area contributed by atoms with Crippen molar-refractivity contribution in [1.29, 1.82) is 0 Å². The Hall–Kier alpha value is -3.93. The molecule has 1 aliphatic carbocycles. The predicted molar refractivity (Wildman–Crippen MR) is 242 cm³/mol. The van der Waals surface area contributed by atoms with Crippen LogP contribution in [-0.2, 0) is 5.41 Å². The number of hydrogen-bond donors (Lipinski definition) is 0. The van der Waals surface area contributed by atoms with Crippen molar-refractivity contribution in [3.05, 3.63) is 137 Å². The molecule has 0 saturated carbocycles.